The molecule has 3 N–H and O–H groups in total. The van der Waals surface area contributed by atoms with Gasteiger partial charge in [-0.3, -0.25) is 0 Å². The van der Waals surface area contributed by atoms with Crippen LogP contribution in [0.5, 0.6) is 11.5 Å². The van der Waals surface area contributed by atoms with E-state index >= 15 is 0 Å². The molecule has 2 aromatic carbocycles. The first-order chi connectivity index (χ1) is 13.6. The number of carboxylic acid groups (broad SMARTS) is 1. The normalized spacial score (nSPS) is 11.9. The molecule has 3 aromatic rings. The van der Waals surface area contributed by atoms with Gasteiger partial charge in [-0.15, -0.1) is 0 Å². The van der Waals surface area contributed by atoms with Gasteiger partial charge in [0.1, 0.15) is 5.82 Å². The van der Waals surface area contributed by atoms with Crippen LogP contribution in [0.4, 0.5) is 17.5 Å². The number of aromatic nitrogens is 2. The highest BCUT2D eigenvalue weighted by Gasteiger charge is 2.13. The van der Waals surface area contributed by atoms with Gasteiger partial charge < -0.3 is 25.2 Å². The number of fused-ring (bicyclic) bond motifs is 1. The average Bonchev–Trinajstić information content (AvgIpc) is 3.14. The Morgan fingerprint density at radius 3 is 2.64 bits per heavy atom. The van der Waals surface area contributed by atoms with E-state index in [1.54, 1.807) is 12.1 Å². The summed E-state index contributed by atoms with van der Waals surface area (Å²) >= 11 is 0. The summed E-state index contributed by atoms with van der Waals surface area (Å²) in [5.41, 5.74) is 2.79. The molecule has 1 aliphatic heterocycles. The van der Waals surface area contributed by atoms with Gasteiger partial charge in [-0.1, -0.05) is 6.07 Å². The van der Waals surface area contributed by atoms with Gasteiger partial charge in [0, 0.05) is 24.0 Å². The van der Waals surface area contributed by atoms with E-state index < -0.39 is 5.97 Å². The number of hydrogen-bond acceptors (Lipinski definition) is 7. The Balaban J connectivity index is 1.45. The number of anilines is 3. The molecule has 0 unspecified atom stereocenters. The number of nitrogens with zero attached hydrogens (tertiary/aromatic N) is 2. The average molecular weight is 378 g/mol. The molecule has 0 atom stereocenters. The lowest BCUT2D eigenvalue weighted by molar-refractivity contribution is 0.0697. The maximum Gasteiger partial charge on any atom is 0.335 e. The summed E-state index contributed by atoms with van der Waals surface area (Å²) < 4.78 is 10.7. The monoisotopic (exact) mass is 378 g/mol. The molecule has 0 aliphatic carbocycles. The fourth-order valence-corrected chi connectivity index (χ4v) is 2.79. The third kappa shape index (κ3) is 3.96. The van der Waals surface area contributed by atoms with Crippen molar-refractivity contribution in [2.75, 3.05) is 17.4 Å². The molecule has 8 heteroatoms. The Hall–Kier alpha value is -3.81. The molecule has 28 heavy (non-hydrogen) atoms. The minimum absolute atomic E-state index is 0.232. The molecule has 0 bridgehead atoms. The molecule has 1 aromatic heterocycles. The van der Waals surface area contributed by atoms with Gasteiger partial charge >= 0.3 is 5.97 Å². The number of carbonyl (C=O) groups is 1. The van der Waals surface area contributed by atoms with Gasteiger partial charge in [0.15, 0.2) is 11.5 Å². The van der Waals surface area contributed by atoms with Crippen LogP contribution in [0.15, 0.2) is 48.5 Å². The van der Waals surface area contributed by atoms with E-state index in [0.717, 1.165) is 28.4 Å². The standard InChI is InChI=1S/C20H18N4O4/c1-12-8-18(23-15-5-3-14(4-6-15)19(25)26)24-20(22-12)21-10-13-2-7-16-17(9-13)28-11-27-16/h2-9H,10-11H2,1H3,(H,25,26)(H2,21,22,23,24). The largest absolute Gasteiger partial charge is 0.478 e. The number of benzene rings is 2. The minimum atomic E-state index is -0.959. The van der Waals surface area contributed by atoms with Gasteiger partial charge in [-0.05, 0) is 48.9 Å². The van der Waals surface area contributed by atoms with Gasteiger partial charge in [0.2, 0.25) is 12.7 Å². The number of nitrogens with one attached hydrogen (secondary N) is 2. The summed E-state index contributed by atoms with van der Waals surface area (Å²) in [5, 5.41) is 15.3. The van der Waals surface area contributed by atoms with Crippen LogP contribution < -0.4 is 20.1 Å². The second-order valence-corrected chi connectivity index (χ2v) is 6.27. The summed E-state index contributed by atoms with van der Waals surface area (Å²) in [6, 6.07) is 14.0. The summed E-state index contributed by atoms with van der Waals surface area (Å²) in [5.74, 6) is 1.62. The first-order valence-corrected chi connectivity index (χ1v) is 8.65. The van der Waals surface area contributed by atoms with Crippen molar-refractivity contribution in [1.29, 1.82) is 0 Å². The van der Waals surface area contributed by atoms with Crippen LogP contribution in [0.2, 0.25) is 0 Å². The number of hydrogen-bond donors (Lipinski definition) is 3. The zero-order chi connectivity index (χ0) is 19.5. The lowest BCUT2D eigenvalue weighted by Gasteiger charge is -2.10. The zero-order valence-corrected chi connectivity index (χ0v) is 15.1. The SMILES string of the molecule is Cc1cc(Nc2ccc(C(=O)O)cc2)nc(NCc2ccc3c(c2)OCO3)n1. The van der Waals surface area contributed by atoms with Crippen LogP contribution in [0.25, 0.3) is 0 Å². The van der Waals surface area contributed by atoms with E-state index in [9.17, 15) is 4.79 Å². The summed E-state index contributed by atoms with van der Waals surface area (Å²) in [6.45, 7) is 2.66. The van der Waals surface area contributed by atoms with Crippen molar-refractivity contribution in [1.82, 2.24) is 9.97 Å². The summed E-state index contributed by atoms with van der Waals surface area (Å²) in [4.78, 5) is 19.8. The maximum absolute atomic E-state index is 10.9. The van der Waals surface area contributed by atoms with Crippen molar-refractivity contribution in [2.45, 2.75) is 13.5 Å². The molecular weight excluding hydrogens is 360 g/mol. The van der Waals surface area contributed by atoms with Crippen LogP contribution in [0, 0.1) is 6.92 Å². The van der Waals surface area contributed by atoms with Gasteiger partial charge in [0.05, 0.1) is 5.56 Å². The van der Waals surface area contributed by atoms with Crippen molar-refractivity contribution in [3.8, 4) is 11.5 Å². The van der Waals surface area contributed by atoms with Gasteiger partial charge in [-0.25, -0.2) is 9.78 Å². The van der Waals surface area contributed by atoms with E-state index in [-0.39, 0.29) is 12.4 Å². The fraction of sp³-hybridized carbons (Fsp3) is 0.150. The minimum Gasteiger partial charge on any atom is -0.478 e. The van der Waals surface area contributed by atoms with Crippen molar-refractivity contribution < 1.29 is 19.4 Å². The zero-order valence-electron chi connectivity index (χ0n) is 15.1. The number of rotatable bonds is 6. The van der Waals surface area contributed by atoms with Crippen molar-refractivity contribution in [2.24, 2.45) is 0 Å². The molecule has 8 nitrogen and oxygen atoms in total. The highest BCUT2D eigenvalue weighted by atomic mass is 16.7. The van der Waals surface area contributed by atoms with Crippen molar-refractivity contribution >= 4 is 23.4 Å². The number of aryl methyl sites for hydroxylation is 1. The Labute approximate surface area is 161 Å². The molecule has 0 spiro atoms. The number of ether oxygens (including phenoxy) is 2. The lowest BCUT2D eigenvalue weighted by atomic mass is 10.2. The van der Waals surface area contributed by atoms with Crippen molar-refractivity contribution in [3.63, 3.8) is 0 Å². The molecular formula is C20H18N4O4. The number of aromatic carboxylic acids is 1. The maximum atomic E-state index is 10.9. The van der Waals surface area contributed by atoms with E-state index in [2.05, 4.69) is 20.6 Å². The van der Waals surface area contributed by atoms with Crippen molar-refractivity contribution in [3.05, 3.63) is 65.4 Å². The molecule has 0 saturated carbocycles. The van der Waals surface area contributed by atoms with E-state index in [1.165, 1.54) is 12.1 Å². The Morgan fingerprint density at radius 2 is 1.86 bits per heavy atom. The molecule has 142 valence electrons. The van der Waals surface area contributed by atoms with Gasteiger partial charge in [0.25, 0.3) is 0 Å². The lowest BCUT2D eigenvalue weighted by Crippen LogP contribution is -2.06. The van der Waals surface area contributed by atoms with Crippen LogP contribution in [-0.4, -0.2) is 27.8 Å². The Morgan fingerprint density at radius 1 is 1.07 bits per heavy atom. The highest BCUT2D eigenvalue weighted by molar-refractivity contribution is 5.88. The van der Waals surface area contributed by atoms with Crippen LogP contribution in [0.3, 0.4) is 0 Å². The third-order valence-corrected chi connectivity index (χ3v) is 4.15. The van der Waals surface area contributed by atoms with E-state index in [0.29, 0.717) is 18.3 Å². The first kappa shape index (κ1) is 17.6. The predicted octanol–water partition coefficient (Wildman–Crippen LogP) is 3.57. The molecule has 0 radical (unpaired) electrons. The quantitative estimate of drug-likeness (QED) is 0.598. The van der Waals surface area contributed by atoms with Crippen LogP contribution >= 0.6 is 0 Å². The second kappa shape index (κ2) is 7.43. The fourth-order valence-electron chi connectivity index (χ4n) is 2.79. The molecule has 1 aliphatic rings. The third-order valence-electron chi connectivity index (χ3n) is 4.15. The molecule has 0 amide bonds. The Bertz CT molecular complexity index is 1020. The number of carboxylic acids is 1. The molecule has 2 heterocycles. The van der Waals surface area contributed by atoms with Crippen LogP contribution in [-0.2, 0) is 6.54 Å². The summed E-state index contributed by atoms with van der Waals surface area (Å²) in [7, 11) is 0. The highest BCUT2D eigenvalue weighted by Crippen LogP contribution is 2.32. The molecule has 4 rings (SSSR count). The smallest absolute Gasteiger partial charge is 0.335 e. The molecule has 0 fully saturated rings. The Kier molecular flexibility index (Phi) is 4.67. The van der Waals surface area contributed by atoms with E-state index in [1.807, 2.05) is 31.2 Å². The second-order valence-electron chi connectivity index (χ2n) is 6.27. The van der Waals surface area contributed by atoms with Gasteiger partial charge in [-0.2, -0.15) is 4.98 Å². The predicted molar refractivity (Wildman–Crippen MR) is 103 cm³/mol. The summed E-state index contributed by atoms with van der Waals surface area (Å²) in [6.07, 6.45) is 0. The van der Waals surface area contributed by atoms with E-state index in [4.69, 9.17) is 14.6 Å². The molecule has 0 saturated heterocycles. The first-order valence-electron chi connectivity index (χ1n) is 8.65. The van der Waals surface area contributed by atoms with Crippen LogP contribution in [0.1, 0.15) is 21.6 Å². The topological polar surface area (TPSA) is 106 Å².